The van der Waals surface area contributed by atoms with Crippen molar-refractivity contribution in [3.8, 4) is 0 Å². The topological polar surface area (TPSA) is 49.8 Å². The Morgan fingerprint density at radius 3 is 2.76 bits per heavy atom. The standard InChI is InChI=1S/C17H23NO3/c1-13-9-10-18(12-16(13)21-2)11-15-5-3-14(4-6-15)7-8-17(19)20/h3-8,13,16H,9-12H2,1-2H3,(H,19,20)/b8-7+. The summed E-state index contributed by atoms with van der Waals surface area (Å²) in [4.78, 5) is 12.9. The zero-order chi connectivity index (χ0) is 15.2. The van der Waals surface area contributed by atoms with Gasteiger partial charge in [-0.1, -0.05) is 31.2 Å². The third-order valence-electron chi connectivity index (χ3n) is 4.08. The lowest BCUT2D eigenvalue weighted by atomic mass is 9.95. The van der Waals surface area contributed by atoms with Crippen molar-refractivity contribution in [1.29, 1.82) is 0 Å². The monoisotopic (exact) mass is 289 g/mol. The van der Waals surface area contributed by atoms with E-state index in [4.69, 9.17) is 9.84 Å². The van der Waals surface area contributed by atoms with Gasteiger partial charge in [0.1, 0.15) is 0 Å². The highest BCUT2D eigenvalue weighted by atomic mass is 16.5. The largest absolute Gasteiger partial charge is 0.478 e. The van der Waals surface area contributed by atoms with Gasteiger partial charge < -0.3 is 9.84 Å². The number of hydrogen-bond donors (Lipinski definition) is 1. The first-order valence-electron chi connectivity index (χ1n) is 7.33. The summed E-state index contributed by atoms with van der Waals surface area (Å²) in [5, 5.41) is 8.61. The van der Waals surface area contributed by atoms with Crippen LogP contribution in [0.2, 0.25) is 0 Å². The second kappa shape index (κ2) is 7.38. The number of aliphatic carboxylic acids is 1. The summed E-state index contributed by atoms with van der Waals surface area (Å²) in [6, 6.07) is 8.02. The van der Waals surface area contributed by atoms with E-state index in [1.165, 1.54) is 5.56 Å². The smallest absolute Gasteiger partial charge is 0.328 e. The van der Waals surface area contributed by atoms with Crippen LogP contribution in [0.15, 0.2) is 30.3 Å². The maximum absolute atomic E-state index is 10.5. The molecule has 1 aromatic carbocycles. The molecular weight excluding hydrogens is 266 g/mol. The second-order valence-corrected chi connectivity index (χ2v) is 5.69. The van der Waals surface area contributed by atoms with E-state index >= 15 is 0 Å². The van der Waals surface area contributed by atoms with Gasteiger partial charge in [0.15, 0.2) is 0 Å². The maximum atomic E-state index is 10.5. The molecule has 1 fully saturated rings. The predicted molar refractivity (Wildman–Crippen MR) is 83.0 cm³/mol. The van der Waals surface area contributed by atoms with Crippen LogP contribution in [0, 0.1) is 5.92 Å². The first kappa shape index (κ1) is 15.7. The molecule has 0 aliphatic carbocycles. The van der Waals surface area contributed by atoms with Crippen LogP contribution in [0.3, 0.4) is 0 Å². The molecule has 0 radical (unpaired) electrons. The van der Waals surface area contributed by atoms with Crippen molar-refractivity contribution >= 4 is 12.0 Å². The van der Waals surface area contributed by atoms with Gasteiger partial charge in [0.25, 0.3) is 0 Å². The van der Waals surface area contributed by atoms with Gasteiger partial charge in [0, 0.05) is 26.3 Å². The summed E-state index contributed by atoms with van der Waals surface area (Å²) in [5.41, 5.74) is 2.15. The third kappa shape index (κ3) is 4.69. The van der Waals surface area contributed by atoms with Crippen molar-refractivity contribution in [2.75, 3.05) is 20.2 Å². The molecule has 0 spiro atoms. The molecule has 114 valence electrons. The summed E-state index contributed by atoms with van der Waals surface area (Å²) in [5.74, 6) is -0.304. The molecular formula is C17H23NO3. The number of methoxy groups -OCH3 is 1. The zero-order valence-corrected chi connectivity index (χ0v) is 12.7. The number of benzene rings is 1. The number of carboxylic acids is 1. The lowest BCUT2D eigenvalue weighted by Gasteiger charge is -2.36. The number of piperidine rings is 1. The second-order valence-electron chi connectivity index (χ2n) is 5.69. The molecule has 2 unspecified atom stereocenters. The average molecular weight is 289 g/mol. The maximum Gasteiger partial charge on any atom is 0.328 e. The summed E-state index contributed by atoms with van der Waals surface area (Å²) < 4.78 is 5.54. The van der Waals surface area contributed by atoms with Crippen LogP contribution in [0.1, 0.15) is 24.5 Å². The van der Waals surface area contributed by atoms with E-state index in [9.17, 15) is 4.79 Å². The molecule has 1 heterocycles. The number of hydrogen-bond acceptors (Lipinski definition) is 3. The molecule has 21 heavy (non-hydrogen) atoms. The molecule has 0 bridgehead atoms. The summed E-state index contributed by atoms with van der Waals surface area (Å²) in [6.07, 6.45) is 4.24. The number of ether oxygens (including phenoxy) is 1. The van der Waals surface area contributed by atoms with Gasteiger partial charge in [-0.05, 0) is 36.1 Å². The number of rotatable bonds is 5. The van der Waals surface area contributed by atoms with Crippen LogP contribution in [0.25, 0.3) is 6.08 Å². The van der Waals surface area contributed by atoms with Gasteiger partial charge in [-0.2, -0.15) is 0 Å². The molecule has 2 atom stereocenters. The molecule has 0 aromatic heterocycles. The molecule has 1 aromatic rings. The molecule has 2 rings (SSSR count). The SMILES string of the molecule is COC1CN(Cc2ccc(/C=C/C(=O)O)cc2)CCC1C. The Balaban J connectivity index is 1.93. The van der Waals surface area contributed by atoms with E-state index in [2.05, 4.69) is 24.0 Å². The summed E-state index contributed by atoms with van der Waals surface area (Å²) in [6.45, 7) is 5.23. The van der Waals surface area contributed by atoms with E-state index in [0.717, 1.165) is 37.7 Å². The Morgan fingerprint density at radius 1 is 1.43 bits per heavy atom. The van der Waals surface area contributed by atoms with E-state index < -0.39 is 5.97 Å². The Hall–Kier alpha value is -1.65. The van der Waals surface area contributed by atoms with Crippen molar-refractivity contribution in [3.05, 3.63) is 41.5 Å². The first-order chi connectivity index (χ1) is 10.1. The van der Waals surface area contributed by atoms with Gasteiger partial charge in [0.2, 0.25) is 0 Å². The first-order valence-corrected chi connectivity index (χ1v) is 7.33. The highest BCUT2D eigenvalue weighted by Gasteiger charge is 2.25. The fraction of sp³-hybridized carbons (Fsp3) is 0.471. The molecule has 1 N–H and O–H groups in total. The third-order valence-corrected chi connectivity index (χ3v) is 4.08. The van der Waals surface area contributed by atoms with Crippen molar-refractivity contribution in [2.45, 2.75) is 26.0 Å². The van der Waals surface area contributed by atoms with Crippen molar-refractivity contribution in [2.24, 2.45) is 5.92 Å². The quantitative estimate of drug-likeness (QED) is 0.847. The molecule has 0 amide bonds. The highest BCUT2D eigenvalue weighted by Crippen LogP contribution is 2.21. The highest BCUT2D eigenvalue weighted by molar-refractivity contribution is 5.85. The molecule has 4 heteroatoms. The number of nitrogens with zero attached hydrogens (tertiary/aromatic N) is 1. The lowest BCUT2D eigenvalue weighted by molar-refractivity contribution is -0.131. The number of carboxylic acid groups (broad SMARTS) is 1. The normalized spacial score (nSPS) is 23.5. The van der Waals surface area contributed by atoms with E-state index in [1.807, 2.05) is 12.1 Å². The van der Waals surface area contributed by atoms with Gasteiger partial charge >= 0.3 is 5.97 Å². The van der Waals surface area contributed by atoms with E-state index in [1.54, 1.807) is 13.2 Å². The minimum absolute atomic E-state index is 0.316. The van der Waals surface area contributed by atoms with Crippen molar-refractivity contribution < 1.29 is 14.6 Å². The Kier molecular flexibility index (Phi) is 5.53. The number of carbonyl (C=O) groups is 1. The summed E-state index contributed by atoms with van der Waals surface area (Å²) in [7, 11) is 1.79. The van der Waals surface area contributed by atoms with Crippen LogP contribution in [0.4, 0.5) is 0 Å². The van der Waals surface area contributed by atoms with Gasteiger partial charge in [-0.15, -0.1) is 0 Å². The fourth-order valence-electron chi connectivity index (χ4n) is 2.71. The van der Waals surface area contributed by atoms with Gasteiger partial charge in [-0.25, -0.2) is 4.79 Å². The molecule has 1 aliphatic heterocycles. The van der Waals surface area contributed by atoms with Gasteiger partial charge in [0.05, 0.1) is 6.10 Å². The minimum Gasteiger partial charge on any atom is -0.478 e. The van der Waals surface area contributed by atoms with Crippen molar-refractivity contribution in [3.63, 3.8) is 0 Å². The van der Waals surface area contributed by atoms with Crippen LogP contribution in [-0.2, 0) is 16.1 Å². The van der Waals surface area contributed by atoms with Crippen LogP contribution < -0.4 is 0 Å². The lowest BCUT2D eigenvalue weighted by Crippen LogP contribution is -2.43. The van der Waals surface area contributed by atoms with Crippen molar-refractivity contribution in [1.82, 2.24) is 4.90 Å². The van der Waals surface area contributed by atoms with Crippen LogP contribution in [-0.4, -0.2) is 42.3 Å². The Labute approximate surface area is 126 Å². The summed E-state index contributed by atoms with van der Waals surface area (Å²) >= 11 is 0. The van der Waals surface area contributed by atoms with Crippen LogP contribution >= 0.6 is 0 Å². The predicted octanol–water partition coefficient (Wildman–Crippen LogP) is 2.64. The minimum atomic E-state index is -0.924. The number of likely N-dealkylation sites (tertiary alicyclic amines) is 1. The molecule has 0 saturated carbocycles. The Bertz CT molecular complexity index is 495. The van der Waals surface area contributed by atoms with E-state index in [0.29, 0.717) is 12.0 Å². The Morgan fingerprint density at radius 2 is 2.14 bits per heavy atom. The van der Waals surface area contributed by atoms with E-state index in [-0.39, 0.29) is 0 Å². The molecule has 1 saturated heterocycles. The van der Waals surface area contributed by atoms with Crippen LogP contribution in [0.5, 0.6) is 0 Å². The van der Waals surface area contributed by atoms with Gasteiger partial charge in [-0.3, -0.25) is 4.90 Å². The zero-order valence-electron chi connectivity index (χ0n) is 12.7. The molecule has 1 aliphatic rings. The molecule has 4 nitrogen and oxygen atoms in total. The fourth-order valence-corrected chi connectivity index (χ4v) is 2.71. The average Bonchev–Trinajstić information content (AvgIpc) is 2.48.